The lowest BCUT2D eigenvalue weighted by atomic mass is 10.1. The van der Waals surface area contributed by atoms with E-state index in [0.29, 0.717) is 42.2 Å². The van der Waals surface area contributed by atoms with E-state index in [2.05, 4.69) is 15.2 Å². The number of oxazole rings is 1. The van der Waals surface area contributed by atoms with Gasteiger partial charge in [-0.1, -0.05) is 0 Å². The van der Waals surface area contributed by atoms with E-state index in [1.165, 1.54) is 6.42 Å². The molecule has 1 N–H and O–H groups in total. The Kier molecular flexibility index (Phi) is 6.85. The normalized spacial score (nSPS) is 16.9. The second kappa shape index (κ2) is 10.4. The standard InChI is InChI=1S/C26H31N5O4/c1-34-21-8-6-20(7-9-21)27-26(33)31-15-13-29(14-16-31)18-24-28-22-17-19(5-10-23(22)35-24)25(32)30-11-3-2-4-12-30/h5-10,17H,2-4,11-16,18H2,1H3,(H,27,33). The number of nitrogens with zero attached hydrogens (tertiary/aromatic N) is 4. The summed E-state index contributed by atoms with van der Waals surface area (Å²) in [4.78, 5) is 36.0. The molecule has 2 aromatic carbocycles. The van der Waals surface area contributed by atoms with Gasteiger partial charge in [0.1, 0.15) is 11.3 Å². The van der Waals surface area contributed by atoms with Crippen molar-refractivity contribution in [3.63, 3.8) is 0 Å². The van der Waals surface area contributed by atoms with Crippen molar-refractivity contribution in [3.8, 4) is 5.75 Å². The minimum Gasteiger partial charge on any atom is -0.497 e. The van der Waals surface area contributed by atoms with Crippen molar-refractivity contribution in [2.24, 2.45) is 0 Å². The number of amides is 3. The molecule has 3 amide bonds. The van der Waals surface area contributed by atoms with Gasteiger partial charge in [0, 0.05) is 50.5 Å². The number of benzene rings is 2. The Labute approximate surface area is 204 Å². The van der Waals surface area contributed by atoms with E-state index < -0.39 is 0 Å². The van der Waals surface area contributed by atoms with Crippen molar-refractivity contribution < 1.29 is 18.7 Å². The van der Waals surface area contributed by atoms with E-state index in [-0.39, 0.29) is 11.9 Å². The number of rotatable bonds is 5. The molecular weight excluding hydrogens is 446 g/mol. The lowest BCUT2D eigenvalue weighted by molar-refractivity contribution is 0.0724. The molecule has 9 heteroatoms. The number of urea groups is 1. The third-order valence-corrected chi connectivity index (χ3v) is 6.68. The zero-order valence-electron chi connectivity index (χ0n) is 20.0. The highest BCUT2D eigenvalue weighted by Gasteiger charge is 2.23. The number of fused-ring (bicyclic) bond motifs is 1. The van der Waals surface area contributed by atoms with Gasteiger partial charge in [0.15, 0.2) is 5.58 Å². The van der Waals surface area contributed by atoms with Gasteiger partial charge in [0.25, 0.3) is 5.91 Å². The fraction of sp³-hybridized carbons (Fsp3) is 0.423. The van der Waals surface area contributed by atoms with Crippen LogP contribution >= 0.6 is 0 Å². The van der Waals surface area contributed by atoms with Crippen LogP contribution in [-0.4, -0.2) is 78.0 Å². The number of methoxy groups -OCH3 is 1. The summed E-state index contributed by atoms with van der Waals surface area (Å²) in [6, 6.07) is 12.7. The average Bonchev–Trinajstić information content (AvgIpc) is 3.31. The molecule has 1 aromatic heterocycles. The molecule has 0 saturated carbocycles. The van der Waals surface area contributed by atoms with Crippen LogP contribution in [0.1, 0.15) is 35.5 Å². The monoisotopic (exact) mass is 477 g/mol. The zero-order chi connectivity index (χ0) is 24.2. The van der Waals surface area contributed by atoms with Gasteiger partial charge in [-0.3, -0.25) is 9.69 Å². The van der Waals surface area contributed by atoms with Gasteiger partial charge in [-0.05, 0) is 61.7 Å². The number of anilines is 1. The summed E-state index contributed by atoms with van der Waals surface area (Å²) in [6.07, 6.45) is 3.33. The van der Waals surface area contributed by atoms with Crippen molar-refractivity contribution in [2.45, 2.75) is 25.8 Å². The van der Waals surface area contributed by atoms with Gasteiger partial charge < -0.3 is 24.3 Å². The van der Waals surface area contributed by atoms with Crippen LogP contribution in [0.2, 0.25) is 0 Å². The smallest absolute Gasteiger partial charge is 0.321 e. The SMILES string of the molecule is COc1ccc(NC(=O)N2CCN(Cc3nc4cc(C(=O)N5CCCCC5)ccc4o3)CC2)cc1. The average molecular weight is 478 g/mol. The van der Waals surface area contributed by atoms with E-state index in [0.717, 1.165) is 50.5 Å². The molecule has 2 saturated heterocycles. The van der Waals surface area contributed by atoms with Crippen molar-refractivity contribution in [1.82, 2.24) is 19.7 Å². The Balaban J connectivity index is 1.15. The van der Waals surface area contributed by atoms with Gasteiger partial charge in [0.2, 0.25) is 5.89 Å². The van der Waals surface area contributed by atoms with Gasteiger partial charge in [-0.25, -0.2) is 9.78 Å². The predicted octanol–water partition coefficient (Wildman–Crippen LogP) is 3.81. The maximum absolute atomic E-state index is 12.8. The van der Waals surface area contributed by atoms with Crippen LogP contribution in [0.5, 0.6) is 5.75 Å². The highest BCUT2D eigenvalue weighted by atomic mass is 16.5. The summed E-state index contributed by atoms with van der Waals surface area (Å²) in [6.45, 7) is 4.92. The summed E-state index contributed by atoms with van der Waals surface area (Å²) in [7, 11) is 1.61. The van der Waals surface area contributed by atoms with Crippen molar-refractivity contribution >= 4 is 28.7 Å². The minimum atomic E-state index is -0.109. The third kappa shape index (κ3) is 5.40. The molecule has 0 unspecified atom stereocenters. The zero-order valence-corrected chi connectivity index (χ0v) is 20.0. The number of aromatic nitrogens is 1. The molecule has 0 aliphatic carbocycles. The second-order valence-corrected chi connectivity index (χ2v) is 9.06. The number of piperazine rings is 1. The van der Waals surface area contributed by atoms with Crippen LogP contribution in [-0.2, 0) is 6.54 Å². The minimum absolute atomic E-state index is 0.0696. The van der Waals surface area contributed by atoms with E-state index in [4.69, 9.17) is 9.15 Å². The molecule has 0 atom stereocenters. The number of carbonyl (C=O) groups is 2. The Hall–Kier alpha value is -3.59. The lowest BCUT2D eigenvalue weighted by Crippen LogP contribution is -2.49. The van der Waals surface area contributed by atoms with Crippen molar-refractivity contribution in [3.05, 3.63) is 53.9 Å². The van der Waals surface area contributed by atoms with Crippen LogP contribution in [0.4, 0.5) is 10.5 Å². The first-order valence-corrected chi connectivity index (χ1v) is 12.2. The van der Waals surface area contributed by atoms with Crippen molar-refractivity contribution in [2.75, 3.05) is 51.7 Å². The molecule has 3 heterocycles. The largest absolute Gasteiger partial charge is 0.497 e. The van der Waals surface area contributed by atoms with Crippen LogP contribution < -0.4 is 10.1 Å². The number of likely N-dealkylation sites (tertiary alicyclic amines) is 1. The first-order chi connectivity index (χ1) is 17.1. The highest BCUT2D eigenvalue weighted by molar-refractivity contribution is 5.97. The van der Waals surface area contributed by atoms with Crippen LogP contribution in [0.15, 0.2) is 46.9 Å². The number of hydrogen-bond donors (Lipinski definition) is 1. The number of nitrogens with one attached hydrogen (secondary N) is 1. The predicted molar refractivity (Wildman–Crippen MR) is 133 cm³/mol. The topological polar surface area (TPSA) is 91.2 Å². The summed E-state index contributed by atoms with van der Waals surface area (Å²) in [5.74, 6) is 1.44. The van der Waals surface area contributed by atoms with Crippen LogP contribution in [0.25, 0.3) is 11.1 Å². The highest BCUT2D eigenvalue weighted by Crippen LogP contribution is 2.21. The van der Waals surface area contributed by atoms with Gasteiger partial charge in [-0.15, -0.1) is 0 Å². The summed E-state index contributed by atoms with van der Waals surface area (Å²) < 4.78 is 11.1. The van der Waals surface area contributed by atoms with E-state index in [1.54, 1.807) is 7.11 Å². The maximum Gasteiger partial charge on any atom is 0.321 e. The maximum atomic E-state index is 12.8. The Bertz CT molecular complexity index is 1180. The van der Waals surface area contributed by atoms with Gasteiger partial charge >= 0.3 is 6.03 Å². The fourth-order valence-electron chi connectivity index (χ4n) is 4.63. The molecule has 3 aromatic rings. The first-order valence-electron chi connectivity index (χ1n) is 12.2. The lowest BCUT2D eigenvalue weighted by Gasteiger charge is -2.34. The van der Waals surface area contributed by atoms with Crippen LogP contribution in [0.3, 0.4) is 0 Å². The molecule has 2 aliphatic heterocycles. The van der Waals surface area contributed by atoms with Crippen molar-refractivity contribution in [1.29, 1.82) is 0 Å². The number of ether oxygens (including phenoxy) is 1. The van der Waals surface area contributed by atoms with E-state index >= 15 is 0 Å². The quantitative estimate of drug-likeness (QED) is 0.601. The molecule has 0 bridgehead atoms. The molecule has 35 heavy (non-hydrogen) atoms. The molecular formula is C26H31N5O4. The second-order valence-electron chi connectivity index (χ2n) is 9.06. The fourth-order valence-corrected chi connectivity index (χ4v) is 4.63. The number of hydrogen-bond acceptors (Lipinski definition) is 6. The molecule has 0 spiro atoms. The van der Waals surface area contributed by atoms with Crippen LogP contribution in [0, 0.1) is 0 Å². The Morgan fingerprint density at radius 2 is 1.69 bits per heavy atom. The molecule has 2 fully saturated rings. The third-order valence-electron chi connectivity index (χ3n) is 6.68. The molecule has 184 valence electrons. The van der Waals surface area contributed by atoms with E-state index in [1.807, 2.05) is 52.3 Å². The molecule has 2 aliphatic rings. The Morgan fingerprint density at radius 3 is 2.40 bits per heavy atom. The Morgan fingerprint density at radius 1 is 0.943 bits per heavy atom. The summed E-state index contributed by atoms with van der Waals surface area (Å²) in [5, 5.41) is 2.93. The summed E-state index contributed by atoms with van der Waals surface area (Å²) >= 11 is 0. The number of carbonyl (C=O) groups excluding carboxylic acids is 2. The van der Waals surface area contributed by atoms with Gasteiger partial charge in [0.05, 0.1) is 13.7 Å². The molecule has 0 radical (unpaired) electrons. The first kappa shape index (κ1) is 23.2. The molecule has 9 nitrogen and oxygen atoms in total. The molecule has 5 rings (SSSR count). The van der Waals surface area contributed by atoms with E-state index in [9.17, 15) is 9.59 Å². The number of piperidine rings is 1. The summed E-state index contributed by atoms with van der Waals surface area (Å²) in [5.41, 5.74) is 2.80. The van der Waals surface area contributed by atoms with Gasteiger partial charge in [-0.2, -0.15) is 0 Å².